The van der Waals surface area contributed by atoms with Crippen LogP contribution < -0.4 is 11.1 Å². The molecule has 0 fully saturated rings. The summed E-state index contributed by atoms with van der Waals surface area (Å²) in [5, 5.41) is 11.1. The number of aliphatic imine (C=N–C) groups is 1. The van der Waals surface area contributed by atoms with Crippen LogP contribution in [0.3, 0.4) is 0 Å². The number of hydrogen-bond donors (Lipinski definition) is 3. The molecule has 0 unspecified atom stereocenters. The molecule has 0 amide bonds. The van der Waals surface area contributed by atoms with E-state index in [1.807, 2.05) is 0 Å². The zero-order chi connectivity index (χ0) is 7.56. The van der Waals surface area contributed by atoms with E-state index in [9.17, 15) is 4.79 Å². The fourth-order valence-electron chi connectivity index (χ4n) is 0.722. The van der Waals surface area contributed by atoms with Crippen molar-refractivity contribution in [2.24, 2.45) is 16.6 Å². The van der Waals surface area contributed by atoms with E-state index in [-0.39, 0.29) is 6.54 Å². The highest BCUT2D eigenvalue weighted by Crippen LogP contribution is 1.98. The highest BCUT2D eigenvalue weighted by atomic mass is 16.4. The first-order valence-corrected chi connectivity index (χ1v) is 2.96. The van der Waals surface area contributed by atoms with Crippen LogP contribution in [-0.4, -0.2) is 30.1 Å². The van der Waals surface area contributed by atoms with Crippen molar-refractivity contribution in [3.8, 4) is 0 Å². The van der Waals surface area contributed by atoms with Crippen molar-refractivity contribution in [1.82, 2.24) is 5.32 Å². The first-order chi connectivity index (χ1) is 4.70. The van der Waals surface area contributed by atoms with Crippen LogP contribution in [0.5, 0.6) is 0 Å². The van der Waals surface area contributed by atoms with Gasteiger partial charge >= 0.3 is 5.97 Å². The molecule has 1 heterocycles. The maximum absolute atomic E-state index is 10.3. The Balaban J connectivity index is 2.50. The number of nitrogens with two attached hydrogens (primary N) is 1. The summed E-state index contributed by atoms with van der Waals surface area (Å²) in [5.41, 5.74) is 5.24. The summed E-state index contributed by atoms with van der Waals surface area (Å²) >= 11 is 0. The Morgan fingerprint density at radius 3 is 3.00 bits per heavy atom. The van der Waals surface area contributed by atoms with Crippen molar-refractivity contribution in [2.75, 3.05) is 13.1 Å². The normalized spacial score (nSPS) is 24.8. The lowest BCUT2D eigenvalue weighted by Gasteiger charge is -2.16. The molecule has 0 aliphatic carbocycles. The molecule has 1 aliphatic rings. The van der Waals surface area contributed by atoms with Crippen molar-refractivity contribution < 1.29 is 9.90 Å². The molecule has 0 radical (unpaired) electrons. The van der Waals surface area contributed by atoms with Crippen LogP contribution in [0.4, 0.5) is 0 Å². The molecule has 1 atom stereocenters. The average Bonchev–Trinajstić information content (AvgIpc) is 1.88. The lowest BCUT2D eigenvalue weighted by atomic mass is 10.1. The molecule has 0 aromatic rings. The number of hydrogen-bond acceptors (Lipinski definition) is 4. The van der Waals surface area contributed by atoms with Crippen LogP contribution in [-0.2, 0) is 4.79 Å². The summed E-state index contributed by atoms with van der Waals surface area (Å²) in [6.07, 6.45) is 0. The van der Waals surface area contributed by atoms with Crippen molar-refractivity contribution in [2.45, 2.75) is 0 Å². The molecule has 0 aromatic heterocycles. The van der Waals surface area contributed by atoms with E-state index in [1.165, 1.54) is 0 Å². The third kappa shape index (κ3) is 1.37. The molecule has 1 aliphatic heterocycles. The maximum atomic E-state index is 10.3. The van der Waals surface area contributed by atoms with E-state index < -0.39 is 11.9 Å². The SMILES string of the molecule is NC1=NC[C@@H](C(=O)O)CN1. The predicted octanol–water partition coefficient (Wildman–Crippen LogP) is -1.39. The van der Waals surface area contributed by atoms with Gasteiger partial charge in [-0.2, -0.15) is 0 Å². The van der Waals surface area contributed by atoms with Crippen LogP contribution in [0.15, 0.2) is 4.99 Å². The van der Waals surface area contributed by atoms with E-state index >= 15 is 0 Å². The summed E-state index contributed by atoms with van der Waals surface area (Å²) in [6.45, 7) is 0.666. The molecule has 0 spiro atoms. The molecule has 4 N–H and O–H groups in total. The number of carboxylic acid groups (broad SMARTS) is 1. The fourth-order valence-corrected chi connectivity index (χ4v) is 0.722. The predicted molar refractivity (Wildman–Crippen MR) is 35.6 cm³/mol. The van der Waals surface area contributed by atoms with Gasteiger partial charge in [0.25, 0.3) is 0 Å². The first kappa shape index (κ1) is 6.85. The molecule has 0 saturated carbocycles. The summed E-state index contributed by atoms with van der Waals surface area (Å²) in [4.78, 5) is 14.0. The zero-order valence-electron chi connectivity index (χ0n) is 5.37. The number of guanidine groups is 1. The average molecular weight is 143 g/mol. The van der Waals surface area contributed by atoms with E-state index in [0.717, 1.165) is 0 Å². The van der Waals surface area contributed by atoms with Crippen molar-refractivity contribution in [1.29, 1.82) is 0 Å². The van der Waals surface area contributed by atoms with Crippen molar-refractivity contribution >= 4 is 11.9 Å². The molecule has 0 aromatic carbocycles. The Hall–Kier alpha value is -1.26. The van der Waals surface area contributed by atoms with Gasteiger partial charge in [-0.15, -0.1) is 0 Å². The topological polar surface area (TPSA) is 87.7 Å². The summed E-state index contributed by atoms with van der Waals surface area (Å²) in [5.74, 6) is -0.923. The monoisotopic (exact) mass is 143 g/mol. The van der Waals surface area contributed by atoms with Crippen LogP contribution >= 0.6 is 0 Å². The van der Waals surface area contributed by atoms with Crippen LogP contribution in [0, 0.1) is 5.92 Å². The van der Waals surface area contributed by atoms with Crippen LogP contribution in [0.25, 0.3) is 0 Å². The Labute approximate surface area is 57.9 Å². The number of nitrogens with one attached hydrogen (secondary N) is 1. The molecular weight excluding hydrogens is 134 g/mol. The second kappa shape index (κ2) is 2.55. The number of aliphatic carboxylic acids is 1. The Morgan fingerprint density at radius 2 is 2.60 bits per heavy atom. The first-order valence-electron chi connectivity index (χ1n) is 2.96. The minimum absolute atomic E-state index is 0.286. The number of carboxylic acids is 1. The van der Waals surface area contributed by atoms with Gasteiger partial charge in [-0.05, 0) is 0 Å². The molecule has 0 saturated heterocycles. The van der Waals surface area contributed by atoms with Gasteiger partial charge in [-0.25, -0.2) is 0 Å². The molecular formula is C5H9N3O2. The third-order valence-corrected chi connectivity index (χ3v) is 1.36. The summed E-state index contributed by atoms with van der Waals surface area (Å²) in [6, 6.07) is 0. The molecule has 10 heavy (non-hydrogen) atoms. The number of rotatable bonds is 1. The molecule has 0 bridgehead atoms. The highest BCUT2D eigenvalue weighted by Gasteiger charge is 2.19. The smallest absolute Gasteiger partial charge is 0.310 e. The molecule has 5 nitrogen and oxygen atoms in total. The van der Waals surface area contributed by atoms with E-state index in [1.54, 1.807) is 0 Å². The van der Waals surface area contributed by atoms with Gasteiger partial charge in [0.2, 0.25) is 0 Å². The largest absolute Gasteiger partial charge is 0.481 e. The van der Waals surface area contributed by atoms with Crippen molar-refractivity contribution in [3.05, 3.63) is 0 Å². The van der Waals surface area contributed by atoms with E-state index in [0.29, 0.717) is 12.5 Å². The van der Waals surface area contributed by atoms with Gasteiger partial charge in [-0.3, -0.25) is 9.79 Å². The van der Waals surface area contributed by atoms with Gasteiger partial charge in [0, 0.05) is 6.54 Å². The van der Waals surface area contributed by atoms with E-state index in [2.05, 4.69) is 10.3 Å². The van der Waals surface area contributed by atoms with Crippen LogP contribution in [0.2, 0.25) is 0 Å². The Morgan fingerprint density at radius 1 is 1.90 bits per heavy atom. The second-order valence-corrected chi connectivity index (χ2v) is 2.14. The minimum Gasteiger partial charge on any atom is -0.481 e. The lowest BCUT2D eigenvalue weighted by Crippen LogP contribution is -2.43. The number of nitrogens with zero attached hydrogens (tertiary/aromatic N) is 1. The Kier molecular flexibility index (Phi) is 1.75. The number of carbonyl (C=O) groups is 1. The van der Waals surface area contributed by atoms with Gasteiger partial charge in [0.1, 0.15) is 0 Å². The highest BCUT2D eigenvalue weighted by molar-refractivity contribution is 5.81. The fraction of sp³-hybridized carbons (Fsp3) is 0.600. The van der Waals surface area contributed by atoms with Crippen LogP contribution in [0.1, 0.15) is 0 Å². The van der Waals surface area contributed by atoms with Gasteiger partial charge in [-0.1, -0.05) is 0 Å². The lowest BCUT2D eigenvalue weighted by molar-refractivity contribution is -0.141. The minimum atomic E-state index is -0.830. The standard InChI is InChI=1S/C5H9N3O2/c6-5-7-1-3(2-8-5)4(9)10/h3H,1-2H2,(H,9,10)(H3,6,7,8). The summed E-state index contributed by atoms with van der Waals surface area (Å²) < 4.78 is 0. The second-order valence-electron chi connectivity index (χ2n) is 2.14. The molecule has 5 heteroatoms. The third-order valence-electron chi connectivity index (χ3n) is 1.36. The molecule has 1 rings (SSSR count). The maximum Gasteiger partial charge on any atom is 0.310 e. The van der Waals surface area contributed by atoms with Gasteiger partial charge in [0.15, 0.2) is 5.96 Å². The van der Waals surface area contributed by atoms with Gasteiger partial charge in [0.05, 0.1) is 12.5 Å². The quantitative estimate of drug-likeness (QED) is 0.421. The zero-order valence-corrected chi connectivity index (χ0v) is 5.37. The van der Waals surface area contributed by atoms with Gasteiger partial charge < -0.3 is 16.2 Å². The molecule has 56 valence electrons. The van der Waals surface area contributed by atoms with E-state index in [4.69, 9.17) is 10.8 Å². The Bertz CT molecular complexity index is 178. The summed E-state index contributed by atoms with van der Waals surface area (Å²) in [7, 11) is 0. The van der Waals surface area contributed by atoms with Crippen molar-refractivity contribution in [3.63, 3.8) is 0 Å².